The fraction of sp³-hybridized carbons (Fsp3) is 0.318. The Balaban J connectivity index is 1.58. The number of hydrogen-bond acceptors (Lipinski definition) is 5. The lowest BCUT2D eigenvalue weighted by Gasteiger charge is -2.22. The minimum atomic E-state index is -0.262. The number of ether oxygens (including phenoxy) is 1. The van der Waals surface area contributed by atoms with Gasteiger partial charge < -0.3 is 4.74 Å². The Bertz CT molecular complexity index is 865. The van der Waals surface area contributed by atoms with E-state index < -0.39 is 0 Å². The van der Waals surface area contributed by atoms with Gasteiger partial charge >= 0.3 is 0 Å². The third kappa shape index (κ3) is 3.88. The minimum absolute atomic E-state index is 0.262. The normalized spacial score (nSPS) is 18.6. The summed E-state index contributed by atoms with van der Waals surface area (Å²) in [4.78, 5) is 0. The largest absolute Gasteiger partial charge is 0.473 e. The molecule has 2 N–H and O–H groups in total. The first kappa shape index (κ1) is 18.9. The van der Waals surface area contributed by atoms with Crippen molar-refractivity contribution >= 4 is 17.2 Å². The van der Waals surface area contributed by atoms with Crippen LogP contribution in [-0.4, -0.2) is 27.8 Å². The lowest BCUT2D eigenvalue weighted by molar-refractivity contribution is 0.178. The molecule has 0 fully saturated rings. The Morgan fingerprint density at radius 3 is 2.57 bits per heavy atom. The molecule has 4 rings (SSSR count). The van der Waals surface area contributed by atoms with Crippen molar-refractivity contribution in [1.82, 2.24) is 9.79 Å². The summed E-state index contributed by atoms with van der Waals surface area (Å²) in [5, 5.41) is 9.60. The van der Waals surface area contributed by atoms with Crippen molar-refractivity contribution < 1.29 is 9.94 Å². The Labute approximate surface area is 169 Å². The van der Waals surface area contributed by atoms with Crippen LogP contribution >= 0.6 is 0 Å². The highest BCUT2D eigenvalue weighted by molar-refractivity contribution is 7.94. The van der Waals surface area contributed by atoms with Crippen LogP contribution in [0, 0.1) is 0 Å². The van der Waals surface area contributed by atoms with Crippen LogP contribution in [0.1, 0.15) is 31.7 Å². The molecule has 28 heavy (non-hydrogen) atoms. The van der Waals surface area contributed by atoms with E-state index in [1.807, 2.05) is 6.07 Å². The number of hydrogen-bond donors (Lipinski definition) is 2. The molecule has 2 aliphatic heterocycles. The molecule has 2 aromatic rings. The van der Waals surface area contributed by atoms with Gasteiger partial charge in [-0.3, -0.25) is 10.7 Å². The molecular weight excluding hydrogens is 370 g/mol. The first-order valence-corrected chi connectivity index (χ1v) is 11.1. The van der Waals surface area contributed by atoms with Crippen LogP contribution in [0.15, 0.2) is 70.4 Å². The molecule has 2 aromatic carbocycles. The maximum atomic E-state index is 9.60. The van der Waals surface area contributed by atoms with Gasteiger partial charge in [0.1, 0.15) is 0 Å². The molecule has 6 heteroatoms. The van der Waals surface area contributed by atoms with E-state index in [0.717, 1.165) is 36.5 Å². The number of hydroxylamine groups is 1. The maximum absolute atomic E-state index is 9.60. The SMILES string of the molecule is CCCC[S+]1N=C2OCCC(NO)=C2N1Cc1ccc(-c2ccccc2)cc1. The van der Waals surface area contributed by atoms with E-state index in [9.17, 15) is 5.21 Å². The highest BCUT2D eigenvalue weighted by Gasteiger charge is 2.45. The van der Waals surface area contributed by atoms with Crippen molar-refractivity contribution in [3.63, 3.8) is 0 Å². The van der Waals surface area contributed by atoms with Gasteiger partial charge in [0.05, 0.1) is 18.8 Å². The van der Waals surface area contributed by atoms with E-state index in [0.29, 0.717) is 18.9 Å². The van der Waals surface area contributed by atoms with Gasteiger partial charge in [-0.2, -0.15) is 4.31 Å². The topological polar surface area (TPSA) is 57.1 Å². The van der Waals surface area contributed by atoms with Gasteiger partial charge in [0.15, 0.2) is 11.4 Å². The van der Waals surface area contributed by atoms with Gasteiger partial charge in [0.2, 0.25) is 0 Å². The summed E-state index contributed by atoms with van der Waals surface area (Å²) >= 11 is -0.262. The number of nitrogens with zero attached hydrogens (tertiary/aromatic N) is 2. The zero-order chi connectivity index (χ0) is 19.3. The average molecular weight is 397 g/mol. The Morgan fingerprint density at radius 1 is 1.11 bits per heavy atom. The molecule has 0 aliphatic carbocycles. The smallest absolute Gasteiger partial charge is 0.295 e. The van der Waals surface area contributed by atoms with Crippen LogP contribution in [-0.2, 0) is 22.5 Å². The Kier molecular flexibility index (Phi) is 5.88. The molecule has 0 spiro atoms. The van der Waals surface area contributed by atoms with Gasteiger partial charge in [-0.15, -0.1) is 0 Å². The minimum Gasteiger partial charge on any atom is -0.473 e. The van der Waals surface area contributed by atoms with E-state index in [1.54, 1.807) is 0 Å². The summed E-state index contributed by atoms with van der Waals surface area (Å²) in [7, 11) is 0. The Morgan fingerprint density at radius 2 is 1.86 bits per heavy atom. The molecule has 0 bridgehead atoms. The van der Waals surface area contributed by atoms with Crippen LogP contribution in [0.4, 0.5) is 0 Å². The zero-order valence-corrected chi connectivity index (χ0v) is 16.9. The summed E-state index contributed by atoms with van der Waals surface area (Å²) in [5.41, 5.74) is 7.76. The summed E-state index contributed by atoms with van der Waals surface area (Å²) in [6, 6.07) is 19.1. The number of nitrogens with one attached hydrogen (secondary N) is 1. The van der Waals surface area contributed by atoms with Crippen molar-refractivity contribution in [2.45, 2.75) is 32.7 Å². The fourth-order valence-corrected chi connectivity index (χ4v) is 5.42. The zero-order valence-electron chi connectivity index (χ0n) is 16.1. The predicted octanol–water partition coefficient (Wildman–Crippen LogP) is 4.43. The second-order valence-corrected chi connectivity index (χ2v) is 8.64. The van der Waals surface area contributed by atoms with Crippen LogP contribution in [0.2, 0.25) is 0 Å². The molecule has 0 amide bonds. The first-order chi connectivity index (χ1) is 13.8. The van der Waals surface area contributed by atoms with Crippen LogP contribution in [0.3, 0.4) is 0 Å². The van der Waals surface area contributed by atoms with E-state index in [2.05, 4.69) is 65.2 Å². The van der Waals surface area contributed by atoms with Gasteiger partial charge in [-0.25, -0.2) is 0 Å². The van der Waals surface area contributed by atoms with E-state index >= 15 is 0 Å². The highest BCUT2D eigenvalue weighted by atomic mass is 32.2. The standard InChI is InChI=1S/C22H26N3O2S/c1-2-3-15-28-24-22-21(20(23-26)13-14-27-22)25(28)16-17-9-11-19(12-10-17)18-7-5-4-6-8-18/h4-12,23,26H,2-3,13-16H2,1H3/q+1. The summed E-state index contributed by atoms with van der Waals surface area (Å²) < 4.78 is 12.9. The van der Waals surface area contributed by atoms with E-state index in [-0.39, 0.29) is 11.3 Å². The van der Waals surface area contributed by atoms with Crippen LogP contribution < -0.4 is 5.48 Å². The molecule has 0 radical (unpaired) electrons. The van der Waals surface area contributed by atoms with E-state index in [4.69, 9.17) is 9.13 Å². The predicted molar refractivity (Wildman–Crippen MR) is 115 cm³/mol. The van der Waals surface area contributed by atoms with Gasteiger partial charge in [0, 0.05) is 10.8 Å². The van der Waals surface area contributed by atoms with Crippen molar-refractivity contribution in [1.29, 1.82) is 0 Å². The quantitative estimate of drug-likeness (QED) is 0.537. The lowest BCUT2D eigenvalue weighted by Crippen LogP contribution is -2.33. The third-order valence-corrected chi connectivity index (χ3v) is 6.82. The van der Waals surface area contributed by atoms with Gasteiger partial charge in [0.25, 0.3) is 17.2 Å². The number of unbranched alkanes of at least 4 members (excludes halogenated alkanes) is 1. The molecule has 1 atom stereocenters. The molecular formula is C22H26N3O2S+. The first-order valence-electron chi connectivity index (χ1n) is 9.78. The van der Waals surface area contributed by atoms with Gasteiger partial charge in [-0.1, -0.05) is 67.9 Å². The lowest BCUT2D eigenvalue weighted by atomic mass is 10.0. The van der Waals surface area contributed by atoms with Crippen molar-refractivity contribution in [2.24, 2.45) is 4.40 Å². The maximum Gasteiger partial charge on any atom is 0.295 e. The molecule has 0 saturated carbocycles. The van der Waals surface area contributed by atoms with Crippen molar-refractivity contribution in [3.8, 4) is 11.1 Å². The summed E-state index contributed by atoms with van der Waals surface area (Å²) in [5.74, 6) is 1.68. The molecule has 0 aromatic heterocycles. The summed E-state index contributed by atoms with van der Waals surface area (Å²) in [6.45, 7) is 3.50. The third-order valence-electron chi connectivity index (χ3n) is 4.97. The molecule has 2 heterocycles. The average Bonchev–Trinajstić information content (AvgIpc) is 3.11. The molecule has 1 unspecified atom stereocenters. The number of fused-ring (bicyclic) bond motifs is 1. The van der Waals surface area contributed by atoms with Crippen molar-refractivity contribution in [3.05, 3.63) is 71.6 Å². The Hall–Kier alpha value is -2.44. The van der Waals surface area contributed by atoms with Crippen LogP contribution in [0.25, 0.3) is 11.1 Å². The number of rotatable bonds is 7. The fourth-order valence-electron chi connectivity index (χ4n) is 3.43. The summed E-state index contributed by atoms with van der Waals surface area (Å²) in [6.07, 6.45) is 2.93. The monoisotopic (exact) mass is 396 g/mol. The molecule has 5 nitrogen and oxygen atoms in total. The highest BCUT2D eigenvalue weighted by Crippen LogP contribution is 2.33. The number of benzene rings is 2. The molecule has 146 valence electrons. The van der Waals surface area contributed by atoms with Gasteiger partial charge in [-0.05, 0) is 23.1 Å². The second kappa shape index (κ2) is 8.71. The second-order valence-electron chi connectivity index (χ2n) is 6.93. The molecule has 2 aliphatic rings. The van der Waals surface area contributed by atoms with Crippen molar-refractivity contribution in [2.75, 3.05) is 12.4 Å². The van der Waals surface area contributed by atoms with E-state index in [1.165, 1.54) is 16.7 Å². The molecule has 0 saturated heterocycles. The van der Waals surface area contributed by atoms with Crippen LogP contribution in [0.5, 0.6) is 0 Å².